The van der Waals surface area contributed by atoms with Crippen molar-refractivity contribution in [1.29, 1.82) is 0 Å². The van der Waals surface area contributed by atoms with Crippen LogP contribution in [0.15, 0.2) is 95.9 Å². The number of likely N-dealkylation sites (N-methyl/N-ethyl adjacent to an activating group) is 1. The average Bonchev–Trinajstić information content (AvgIpc) is 2.99. The number of carbonyl (C=O) groups is 2. The van der Waals surface area contributed by atoms with Crippen LogP contribution in [0.3, 0.4) is 0 Å². The molecule has 0 spiro atoms. The second-order valence-corrected chi connectivity index (χ2v) is 13.9. The summed E-state index contributed by atoms with van der Waals surface area (Å²) in [6, 6.07) is 23.7. The topological polar surface area (TPSA) is 86.8 Å². The minimum absolute atomic E-state index is 0.0300. The Morgan fingerprint density at radius 1 is 0.800 bits per heavy atom. The van der Waals surface area contributed by atoms with Gasteiger partial charge in [-0.25, -0.2) is 8.42 Å². The largest absolute Gasteiger partial charge is 0.355 e. The molecule has 7 nitrogen and oxygen atoms in total. The van der Waals surface area contributed by atoms with Crippen LogP contribution in [-0.2, 0) is 32.6 Å². The van der Waals surface area contributed by atoms with Crippen LogP contribution < -0.4 is 9.62 Å². The molecule has 0 aromatic heterocycles. The molecular weight excluding hydrogens is 676 g/mol. The summed E-state index contributed by atoms with van der Waals surface area (Å²) >= 11 is 25.0. The molecule has 4 aromatic rings. The molecule has 0 saturated heterocycles. The van der Waals surface area contributed by atoms with Gasteiger partial charge in [0, 0.05) is 29.6 Å². The maximum absolute atomic E-state index is 14.4. The zero-order chi connectivity index (χ0) is 32.7. The van der Waals surface area contributed by atoms with Gasteiger partial charge >= 0.3 is 0 Å². The van der Waals surface area contributed by atoms with E-state index in [-0.39, 0.29) is 38.6 Å². The van der Waals surface area contributed by atoms with Gasteiger partial charge in [0.2, 0.25) is 11.8 Å². The van der Waals surface area contributed by atoms with Crippen molar-refractivity contribution in [3.63, 3.8) is 0 Å². The number of nitrogens with one attached hydrogen (secondary N) is 1. The van der Waals surface area contributed by atoms with Crippen molar-refractivity contribution in [2.24, 2.45) is 0 Å². The zero-order valence-corrected chi connectivity index (χ0v) is 28.4. The molecule has 0 aliphatic rings. The first-order valence-electron chi connectivity index (χ1n) is 14.0. The Morgan fingerprint density at radius 2 is 1.44 bits per heavy atom. The van der Waals surface area contributed by atoms with Gasteiger partial charge in [0.1, 0.15) is 12.6 Å². The number of sulfonamides is 1. The molecule has 1 unspecified atom stereocenters. The predicted octanol–water partition coefficient (Wildman–Crippen LogP) is 7.58. The maximum Gasteiger partial charge on any atom is 0.264 e. The number of amides is 2. The SMILES string of the molecule is CCNC(=O)C(Cc1ccccc1)N(Cc1ccc(Cl)c(Cl)c1)C(=O)CN(c1cc(Cl)cc(Cl)c1)S(=O)(=O)c1ccc(C)cc1. The summed E-state index contributed by atoms with van der Waals surface area (Å²) in [4.78, 5) is 29.4. The lowest BCUT2D eigenvalue weighted by molar-refractivity contribution is -0.140. The van der Waals surface area contributed by atoms with Crippen LogP contribution in [0, 0.1) is 6.92 Å². The predicted molar refractivity (Wildman–Crippen MR) is 182 cm³/mol. The van der Waals surface area contributed by atoms with Gasteiger partial charge in [-0.2, -0.15) is 0 Å². The minimum atomic E-state index is -4.30. The number of hydrogen-bond acceptors (Lipinski definition) is 4. The van der Waals surface area contributed by atoms with Gasteiger partial charge in [-0.3, -0.25) is 13.9 Å². The number of nitrogens with zero attached hydrogens (tertiary/aromatic N) is 2. The van der Waals surface area contributed by atoms with E-state index in [4.69, 9.17) is 46.4 Å². The number of hydrogen-bond donors (Lipinski definition) is 1. The lowest BCUT2D eigenvalue weighted by atomic mass is 10.0. The van der Waals surface area contributed by atoms with E-state index in [2.05, 4.69) is 5.32 Å². The van der Waals surface area contributed by atoms with E-state index in [9.17, 15) is 18.0 Å². The monoisotopic (exact) mass is 705 g/mol. The normalized spacial score (nSPS) is 12.0. The summed E-state index contributed by atoms with van der Waals surface area (Å²) in [5, 5.41) is 3.80. The molecule has 0 radical (unpaired) electrons. The summed E-state index contributed by atoms with van der Waals surface area (Å²) < 4.78 is 29.2. The molecule has 1 atom stereocenters. The van der Waals surface area contributed by atoms with Gasteiger partial charge in [-0.05, 0) is 67.4 Å². The fraction of sp³-hybridized carbons (Fsp3) is 0.212. The van der Waals surface area contributed by atoms with Crippen LogP contribution >= 0.6 is 46.4 Å². The van der Waals surface area contributed by atoms with E-state index in [0.29, 0.717) is 17.1 Å². The van der Waals surface area contributed by atoms with Crippen LogP contribution in [0.4, 0.5) is 5.69 Å². The van der Waals surface area contributed by atoms with Gasteiger partial charge in [0.15, 0.2) is 0 Å². The third-order valence-corrected chi connectivity index (χ3v) is 9.95. The highest BCUT2D eigenvalue weighted by Crippen LogP contribution is 2.31. The van der Waals surface area contributed by atoms with Crippen molar-refractivity contribution in [3.8, 4) is 0 Å². The molecule has 12 heteroatoms. The Morgan fingerprint density at radius 3 is 2.04 bits per heavy atom. The summed E-state index contributed by atoms with van der Waals surface area (Å²) in [5.74, 6) is -1.03. The molecule has 1 N–H and O–H groups in total. The van der Waals surface area contributed by atoms with Crippen molar-refractivity contribution in [3.05, 3.63) is 128 Å². The van der Waals surface area contributed by atoms with Crippen molar-refractivity contribution in [2.75, 3.05) is 17.4 Å². The molecule has 2 amide bonds. The van der Waals surface area contributed by atoms with Crippen molar-refractivity contribution >= 4 is 73.9 Å². The van der Waals surface area contributed by atoms with Gasteiger partial charge in [0.25, 0.3) is 10.0 Å². The fourth-order valence-corrected chi connectivity index (χ4v) is 6.96. The molecule has 0 fully saturated rings. The number of carbonyl (C=O) groups excluding carboxylic acids is 2. The highest BCUT2D eigenvalue weighted by atomic mass is 35.5. The van der Waals surface area contributed by atoms with E-state index in [1.54, 1.807) is 37.3 Å². The Labute approximate surface area is 283 Å². The van der Waals surface area contributed by atoms with Crippen molar-refractivity contribution < 1.29 is 18.0 Å². The van der Waals surface area contributed by atoms with Gasteiger partial charge in [0.05, 0.1) is 20.6 Å². The minimum Gasteiger partial charge on any atom is -0.355 e. The molecule has 0 heterocycles. The molecule has 4 rings (SSSR count). The highest BCUT2D eigenvalue weighted by Gasteiger charge is 2.34. The van der Waals surface area contributed by atoms with Gasteiger partial charge in [-0.1, -0.05) is 100 Å². The molecule has 0 bridgehead atoms. The molecule has 0 aliphatic carbocycles. The van der Waals surface area contributed by atoms with E-state index >= 15 is 0 Å². The lowest BCUT2D eigenvalue weighted by Crippen LogP contribution is -2.53. The van der Waals surface area contributed by atoms with Crippen LogP contribution in [-0.4, -0.2) is 44.3 Å². The first-order chi connectivity index (χ1) is 21.4. The second kappa shape index (κ2) is 15.3. The third kappa shape index (κ3) is 8.93. The van der Waals surface area contributed by atoms with Crippen molar-refractivity contribution in [1.82, 2.24) is 10.2 Å². The van der Waals surface area contributed by atoms with Gasteiger partial charge in [-0.15, -0.1) is 0 Å². The Bertz CT molecular complexity index is 1750. The molecule has 236 valence electrons. The van der Waals surface area contributed by atoms with Gasteiger partial charge < -0.3 is 10.2 Å². The molecular formula is C33H31Cl4N3O4S. The Balaban J connectivity index is 1.83. The van der Waals surface area contributed by atoms with Crippen LogP contribution in [0.2, 0.25) is 20.1 Å². The van der Waals surface area contributed by atoms with Crippen LogP contribution in [0.1, 0.15) is 23.6 Å². The second-order valence-electron chi connectivity index (χ2n) is 10.3. The summed E-state index contributed by atoms with van der Waals surface area (Å²) in [5.41, 5.74) is 2.36. The van der Waals surface area contributed by atoms with E-state index < -0.39 is 34.4 Å². The number of aryl methyl sites for hydroxylation is 1. The molecule has 0 saturated carbocycles. The highest BCUT2D eigenvalue weighted by molar-refractivity contribution is 7.92. The quantitative estimate of drug-likeness (QED) is 0.165. The number of halogens is 4. The number of anilines is 1. The van der Waals surface area contributed by atoms with Crippen molar-refractivity contribution in [2.45, 2.75) is 37.8 Å². The molecule has 0 aliphatic heterocycles. The standard InChI is InChI=1S/C33H31Cl4N3O4S/c1-3-38-33(42)31(16-23-7-5-4-6-8-23)39(20-24-11-14-29(36)30(37)15-24)32(41)21-40(27-18-25(34)17-26(35)19-27)45(43,44)28-12-9-22(2)10-13-28/h4-15,17-19,31H,3,16,20-21H2,1-2H3,(H,38,42). The fourth-order valence-electron chi connectivity index (χ4n) is 4.73. The summed E-state index contributed by atoms with van der Waals surface area (Å²) in [6.45, 7) is 3.23. The first-order valence-corrected chi connectivity index (χ1v) is 16.9. The summed E-state index contributed by atoms with van der Waals surface area (Å²) in [7, 11) is -4.30. The smallest absolute Gasteiger partial charge is 0.264 e. The Hall–Kier alpha value is -3.27. The van der Waals surface area contributed by atoms with Crippen LogP contribution in [0.5, 0.6) is 0 Å². The zero-order valence-electron chi connectivity index (χ0n) is 24.5. The first kappa shape index (κ1) is 34.6. The van der Waals surface area contributed by atoms with E-state index in [1.807, 2.05) is 37.3 Å². The molecule has 4 aromatic carbocycles. The Kier molecular flexibility index (Phi) is 11.8. The third-order valence-electron chi connectivity index (χ3n) is 6.98. The van der Waals surface area contributed by atoms with E-state index in [1.165, 1.54) is 35.2 Å². The average molecular weight is 708 g/mol. The number of benzene rings is 4. The molecule has 45 heavy (non-hydrogen) atoms. The lowest BCUT2D eigenvalue weighted by Gasteiger charge is -2.34. The summed E-state index contributed by atoms with van der Waals surface area (Å²) in [6.07, 6.45) is 0.174. The maximum atomic E-state index is 14.4. The van der Waals surface area contributed by atoms with Crippen LogP contribution in [0.25, 0.3) is 0 Å². The van der Waals surface area contributed by atoms with E-state index in [0.717, 1.165) is 15.4 Å². The number of rotatable bonds is 12.